The van der Waals surface area contributed by atoms with Gasteiger partial charge in [-0.1, -0.05) is 11.3 Å². The van der Waals surface area contributed by atoms with Crippen LogP contribution in [0.15, 0.2) is 57.7 Å². The van der Waals surface area contributed by atoms with E-state index in [1.54, 1.807) is 36.1 Å². The Balaban J connectivity index is 1.33. The highest BCUT2D eigenvalue weighted by Crippen LogP contribution is 2.30. The summed E-state index contributed by atoms with van der Waals surface area (Å²) < 4.78 is 18.7. The molecule has 5 aromatic rings. The molecule has 0 fully saturated rings. The van der Waals surface area contributed by atoms with E-state index in [1.807, 2.05) is 32.0 Å². The van der Waals surface area contributed by atoms with Crippen LogP contribution in [0, 0.1) is 13.8 Å². The van der Waals surface area contributed by atoms with Crippen LogP contribution in [0.25, 0.3) is 26.3 Å². The predicted molar refractivity (Wildman–Crippen MR) is 129 cm³/mol. The van der Waals surface area contributed by atoms with Crippen molar-refractivity contribution in [2.75, 3.05) is 19.0 Å². The van der Waals surface area contributed by atoms with Gasteiger partial charge in [0.05, 0.1) is 23.0 Å². The molecule has 0 aliphatic rings. The summed E-state index contributed by atoms with van der Waals surface area (Å²) in [5, 5.41) is 8.73. The Morgan fingerprint density at radius 3 is 2.76 bits per heavy atom. The summed E-state index contributed by atoms with van der Waals surface area (Å²) in [5.41, 5.74) is 2.33. The van der Waals surface area contributed by atoms with E-state index in [2.05, 4.69) is 15.4 Å². The van der Waals surface area contributed by atoms with Crippen LogP contribution < -0.4 is 20.4 Å². The first-order valence-electron chi connectivity index (χ1n) is 10.4. The van der Waals surface area contributed by atoms with Gasteiger partial charge in [-0.25, -0.2) is 9.78 Å². The molecule has 0 bridgehead atoms. The number of nitrogens with one attached hydrogen (secondary N) is 1. The second-order valence-electron chi connectivity index (χ2n) is 7.66. The molecule has 1 amide bonds. The van der Waals surface area contributed by atoms with Crippen LogP contribution in [0.1, 0.15) is 11.3 Å². The summed E-state index contributed by atoms with van der Waals surface area (Å²) in [7, 11) is 1.62. The fourth-order valence-corrected chi connectivity index (χ4v) is 4.53. The predicted octanol–water partition coefficient (Wildman–Crippen LogP) is 4.23. The van der Waals surface area contributed by atoms with E-state index in [9.17, 15) is 9.59 Å². The summed E-state index contributed by atoms with van der Waals surface area (Å²) >= 11 is 1.44. The first-order chi connectivity index (χ1) is 16.4. The van der Waals surface area contributed by atoms with E-state index in [4.69, 9.17) is 13.9 Å². The Bertz CT molecular complexity index is 1600. The first kappa shape index (κ1) is 21.7. The number of carbonyl (C=O) groups is 1. The molecule has 0 aliphatic heterocycles. The van der Waals surface area contributed by atoms with Crippen molar-refractivity contribution >= 4 is 44.2 Å². The summed E-state index contributed by atoms with van der Waals surface area (Å²) in [5.74, 6) is 1.28. The number of aromatic nitrogens is 3. The average molecular weight is 477 g/mol. The van der Waals surface area contributed by atoms with Gasteiger partial charge in [0, 0.05) is 23.6 Å². The maximum atomic E-state index is 12.6. The number of benzene rings is 2. The quantitative estimate of drug-likeness (QED) is 0.365. The zero-order valence-electron chi connectivity index (χ0n) is 18.6. The Labute approximate surface area is 197 Å². The van der Waals surface area contributed by atoms with Gasteiger partial charge in [-0.05, 0) is 49.7 Å². The fourth-order valence-electron chi connectivity index (χ4n) is 3.57. The molecule has 3 aromatic heterocycles. The molecule has 10 heteroatoms. The molecule has 0 atom stereocenters. The van der Waals surface area contributed by atoms with Crippen LogP contribution in [0.3, 0.4) is 0 Å². The second-order valence-corrected chi connectivity index (χ2v) is 8.67. The number of anilines is 1. The Kier molecular flexibility index (Phi) is 5.50. The van der Waals surface area contributed by atoms with Crippen LogP contribution in [0.2, 0.25) is 0 Å². The van der Waals surface area contributed by atoms with Gasteiger partial charge < -0.3 is 19.2 Å². The van der Waals surface area contributed by atoms with Crippen LogP contribution in [-0.2, 0) is 4.79 Å². The molecule has 0 saturated heterocycles. The summed E-state index contributed by atoms with van der Waals surface area (Å²) in [6, 6.07) is 13.9. The summed E-state index contributed by atoms with van der Waals surface area (Å²) in [4.78, 5) is 28.9. The molecule has 172 valence electrons. The lowest BCUT2D eigenvalue weighted by molar-refractivity contribution is -0.118. The van der Waals surface area contributed by atoms with E-state index >= 15 is 0 Å². The maximum absolute atomic E-state index is 12.6. The van der Waals surface area contributed by atoms with Gasteiger partial charge in [0.2, 0.25) is 5.13 Å². The fraction of sp³-hybridized carbons (Fsp3) is 0.167. The molecule has 0 aliphatic carbocycles. The van der Waals surface area contributed by atoms with Crippen molar-refractivity contribution < 1.29 is 18.7 Å². The summed E-state index contributed by atoms with van der Waals surface area (Å²) in [6.45, 7) is 3.44. The number of ether oxygens (including phenoxy) is 2. The minimum absolute atomic E-state index is 0.233. The number of nitrogens with zero attached hydrogens (tertiary/aromatic N) is 3. The maximum Gasteiger partial charge on any atom is 0.336 e. The number of amides is 1. The van der Waals surface area contributed by atoms with Gasteiger partial charge in [0.15, 0.2) is 6.61 Å². The van der Waals surface area contributed by atoms with Crippen molar-refractivity contribution in [3.05, 3.63) is 70.2 Å². The van der Waals surface area contributed by atoms with Crippen molar-refractivity contribution in [3.8, 4) is 16.6 Å². The Morgan fingerprint density at radius 2 is 1.94 bits per heavy atom. The van der Waals surface area contributed by atoms with Crippen molar-refractivity contribution in [2.24, 2.45) is 0 Å². The Morgan fingerprint density at radius 1 is 1.12 bits per heavy atom. The molecule has 9 nitrogen and oxygen atoms in total. The van der Waals surface area contributed by atoms with E-state index in [0.29, 0.717) is 22.3 Å². The molecular weight excluding hydrogens is 456 g/mol. The lowest BCUT2D eigenvalue weighted by Crippen LogP contribution is -2.21. The van der Waals surface area contributed by atoms with Crippen molar-refractivity contribution in [1.82, 2.24) is 14.8 Å². The standard InChI is InChI=1S/C24H20N4O5S/c1-13-8-23(30)33-19-10-16(4-6-17(13)19)32-12-22(29)26-21-9-14(2)27-28(21)24-25-18-7-5-15(31-3)11-20(18)34-24/h4-11H,12H2,1-3H3,(H,26,29). The first-order valence-corrected chi connectivity index (χ1v) is 11.2. The van der Waals surface area contributed by atoms with Crippen LogP contribution in [0.5, 0.6) is 11.5 Å². The molecule has 0 saturated carbocycles. The number of aryl methyl sites for hydroxylation is 2. The lowest BCUT2D eigenvalue weighted by atomic mass is 10.1. The number of fused-ring (bicyclic) bond motifs is 2. The number of methoxy groups -OCH3 is 1. The van der Waals surface area contributed by atoms with Crippen molar-refractivity contribution in [2.45, 2.75) is 13.8 Å². The third-order valence-corrected chi connectivity index (χ3v) is 6.15. The van der Waals surface area contributed by atoms with E-state index in [0.717, 1.165) is 32.6 Å². The van der Waals surface area contributed by atoms with Crippen LogP contribution >= 0.6 is 11.3 Å². The molecular formula is C24H20N4O5S. The number of carbonyl (C=O) groups excluding carboxylic acids is 1. The normalized spacial score (nSPS) is 11.1. The molecule has 0 unspecified atom stereocenters. The molecule has 0 spiro atoms. The van der Waals surface area contributed by atoms with Crippen LogP contribution in [0.4, 0.5) is 5.82 Å². The third kappa shape index (κ3) is 4.23. The summed E-state index contributed by atoms with van der Waals surface area (Å²) in [6.07, 6.45) is 0. The van der Waals surface area contributed by atoms with Gasteiger partial charge in [-0.15, -0.1) is 0 Å². The molecule has 1 N–H and O–H groups in total. The van der Waals surface area contributed by atoms with Crippen LogP contribution in [-0.4, -0.2) is 34.4 Å². The number of thiazole rings is 1. The highest BCUT2D eigenvalue weighted by molar-refractivity contribution is 7.20. The van der Waals surface area contributed by atoms with Crippen molar-refractivity contribution in [1.29, 1.82) is 0 Å². The van der Waals surface area contributed by atoms with Gasteiger partial charge in [-0.3, -0.25) is 4.79 Å². The Hall–Kier alpha value is -4.18. The molecule has 0 radical (unpaired) electrons. The van der Waals surface area contributed by atoms with Gasteiger partial charge >= 0.3 is 5.63 Å². The van der Waals surface area contributed by atoms with Gasteiger partial charge in [0.1, 0.15) is 22.9 Å². The number of hydrogen-bond acceptors (Lipinski definition) is 8. The third-order valence-electron chi connectivity index (χ3n) is 5.16. The molecule has 2 aromatic carbocycles. The minimum Gasteiger partial charge on any atom is -0.497 e. The number of hydrogen-bond donors (Lipinski definition) is 1. The largest absolute Gasteiger partial charge is 0.497 e. The van der Waals surface area contributed by atoms with E-state index < -0.39 is 5.63 Å². The topological polar surface area (TPSA) is 108 Å². The zero-order valence-corrected chi connectivity index (χ0v) is 19.4. The monoisotopic (exact) mass is 476 g/mol. The van der Waals surface area contributed by atoms with Gasteiger partial charge in [0.25, 0.3) is 5.91 Å². The average Bonchev–Trinajstić information content (AvgIpc) is 3.39. The smallest absolute Gasteiger partial charge is 0.336 e. The highest BCUT2D eigenvalue weighted by Gasteiger charge is 2.15. The lowest BCUT2D eigenvalue weighted by Gasteiger charge is -2.09. The zero-order chi connectivity index (χ0) is 23.8. The second kappa shape index (κ2) is 8.64. The highest BCUT2D eigenvalue weighted by atomic mass is 32.1. The SMILES string of the molecule is COc1ccc2nc(-n3nc(C)cc3NC(=O)COc3ccc4c(C)cc(=O)oc4c3)sc2c1. The molecule has 5 rings (SSSR count). The number of rotatable bonds is 6. The van der Waals surface area contributed by atoms with E-state index in [-0.39, 0.29) is 12.5 Å². The van der Waals surface area contributed by atoms with E-state index in [1.165, 1.54) is 17.4 Å². The van der Waals surface area contributed by atoms with Gasteiger partial charge in [-0.2, -0.15) is 9.78 Å². The van der Waals surface area contributed by atoms with Crippen molar-refractivity contribution in [3.63, 3.8) is 0 Å². The molecule has 3 heterocycles. The minimum atomic E-state index is -0.434. The molecule has 34 heavy (non-hydrogen) atoms.